The van der Waals surface area contributed by atoms with E-state index in [-0.39, 0.29) is 11.8 Å². The molecule has 1 N–H and O–H groups in total. The molecule has 1 aromatic rings. The molecule has 0 unspecified atom stereocenters. The standard InChI is InChI=1S/C18H27NO/c1-3-18(4-2)15-12-8-9-13-16(15)19-17(20-18)14-10-6-5-7-11-14/h8-9,12-14,17,19H,3-7,10-11H2,1-2H3/t17-/m0/s1. The van der Waals surface area contributed by atoms with E-state index in [1.807, 2.05) is 0 Å². The molecule has 1 fully saturated rings. The fraction of sp³-hybridized carbons (Fsp3) is 0.667. The molecule has 20 heavy (non-hydrogen) atoms. The van der Waals surface area contributed by atoms with Crippen LogP contribution in [-0.4, -0.2) is 6.23 Å². The van der Waals surface area contributed by atoms with E-state index < -0.39 is 0 Å². The van der Waals surface area contributed by atoms with Gasteiger partial charge in [-0.3, -0.25) is 0 Å². The third kappa shape index (κ3) is 2.35. The number of benzene rings is 1. The monoisotopic (exact) mass is 273 g/mol. The number of hydrogen-bond acceptors (Lipinski definition) is 2. The number of nitrogens with one attached hydrogen (secondary N) is 1. The first-order valence-corrected chi connectivity index (χ1v) is 8.33. The van der Waals surface area contributed by atoms with Gasteiger partial charge in [0.1, 0.15) is 6.23 Å². The van der Waals surface area contributed by atoms with Gasteiger partial charge in [-0.15, -0.1) is 0 Å². The molecule has 1 aliphatic carbocycles. The smallest absolute Gasteiger partial charge is 0.131 e. The summed E-state index contributed by atoms with van der Waals surface area (Å²) in [6.07, 6.45) is 9.03. The average Bonchev–Trinajstić information content (AvgIpc) is 2.54. The fourth-order valence-electron chi connectivity index (χ4n) is 3.94. The fourth-order valence-corrected chi connectivity index (χ4v) is 3.94. The summed E-state index contributed by atoms with van der Waals surface area (Å²) in [6, 6.07) is 8.70. The molecule has 110 valence electrons. The molecular formula is C18H27NO. The van der Waals surface area contributed by atoms with Gasteiger partial charge in [-0.05, 0) is 31.7 Å². The molecule has 0 bridgehead atoms. The van der Waals surface area contributed by atoms with Crippen LogP contribution in [0.3, 0.4) is 0 Å². The minimum Gasteiger partial charge on any atom is -0.360 e. The Morgan fingerprint density at radius 1 is 1.10 bits per heavy atom. The molecule has 2 aliphatic rings. The van der Waals surface area contributed by atoms with Crippen LogP contribution in [0.2, 0.25) is 0 Å². The molecule has 1 aliphatic heterocycles. The maximum absolute atomic E-state index is 6.63. The van der Waals surface area contributed by atoms with E-state index in [0.29, 0.717) is 5.92 Å². The number of rotatable bonds is 3. The van der Waals surface area contributed by atoms with E-state index in [9.17, 15) is 0 Å². The summed E-state index contributed by atoms with van der Waals surface area (Å²) < 4.78 is 6.63. The highest BCUT2D eigenvalue weighted by molar-refractivity contribution is 5.56. The molecule has 0 amide bonds. The maximum atomic E-state index is 6.63. The molecule has 0 radical (unpaired) electrons. The van der Waals surface area contributed by atoms with Gasteiger partial charge in [0, 0.05) is 17.2 Å². The van der Waals surface area contributed by atoms with Gasteiger partial charge in [-0.1, -0.05) is 51.3 Å². The molecule has 0 saturated heterocycles. The van der Waals surface area contributed by atoms with Crippen LogP contribution in [0, 0.1) is 5.92 Å². The molecule has 1 heterocycles. The topological polar surface area (TPSA) is 21.3 Å². The summed E-state index contributed by atoms with van der Waals surface area (Å²) in [7, 11) is 0. The number of anilines is 1. The largest absolute Gasteiger partial charge is 0.360 e. The maximum Gasteiger partial charge on any atom is 0.131 e. The lowest BCUT2D eigenvalue weighted by atomic mass is 9.82. The third-order valence-corrected chi connectivity index (χ3v) is 5.29. The van der Waals surface area contributed by atoms with Crippen LogP contribution in [0.25, 0.3) is 0 Å². The molecule has 1 aromatic carbocycles. The van der Waals surface area contributed by atoms with E-state index >= 15 is 0 Å². The van der Waals surface area contributed by atoms with Crippen LogP contribution in [0.1, 0.15) is 64.4 Å². The first-order chi connectivity index (χ1) is 9.79. The van der Waals surface area contributed by atoms with E-state index in [1.165, 1.54) is 43.4 Å². The summed E-state index contributed by atoms with van der Waals surface area (Å²) in [4.78, 5) is 0. The van der Waals surface area contributed by atoms with Crippen molar-refractivity contribution in [3.05, 3.63) is 29.8 Å². The van der Waals surface area contributed by atoms with Crippen molar-refractivity contribution in [2.45, 2.75) is 70.6 Å². The van der Waals surface area contributed by atoms with E-state index in [1.54, 1.807) is 0 Å². The second kappa shape index (κ2) is 5.77. The van der Waals surface area contributed by atoms with Gasteiger partial charge in [0.05, 0.1) is 5.60 Å². The van der Waals surface area contributed by atoms with Crippen LogP contribution < -0.4 is 5.32 Å². The van der Waals surface area contributed by atoms with Crippen LogP contribution in [0.4, 0.5) is 5.69 Å². The molecule has 3 rings (SSSR count). The van der Waals surface area contributed by atoms with Crippen LogP contribution >= 0.6 is 0 Å². The summed E-state index contributed by atoms with van der Waals surface area (Å²) >= 11 is 0. The van der Waals surface area contributed by atoms with Gasteiger partial charge in [0.25, 0.3) is 0 Å². The van der Waals surface area contributed by atoms with Crippen molar-refractivity contribution in [1.29, 1.82) is 0 Å². The summed E-state index contributed by atoms with van der Waals surface area (Å²) in [5, 5.41) is 3.67. The highest BCUT2D eigenvalue weighted by Gasteiger charge is 2.41. The van der Waals surface area contributed by atoms with Crippen molar-refractivity contribution in [1.82, 2.24) is 0 Å². The van der Waals surface area contributed by atoms with E-state index in [2.05, 4.69) is 43.4 Å². The summed E-state index contributed by atoms with van der Waals surface area (Å²) in [5.74, 6) is 0.676. The highest BCUT2D eigenvalue weighted by Crippen LogP contribution is 2.44. The lowest BCUT2D eigenvalue weighted by molar-refractivity contribution is -0.125. The van der Waals surface area contributed by atoms with Crippen molar-refractivity contribution in [2.24, 2.45) is 5.92 Å². The Hall–Kier alpha value is -1.02. The zero-order chi connectivity index (χ0) is 14.0. The van der Waals surface area contributed by atoms with Gasteiger partial charge >= 0.3 is 0 Å². The number of hydrogen-bond donors (Lipinski definition) is 1. The van der Waals surface area contributed by atoms with E-state index in [0.717, 1.165) is 12.8 Å². The molecule has 2 nitrogen and oxygen atoms in total. The minimum absolute atomic E-state index is 0.0933. The predicted molar refractivity (Wildman–Crippen MR) is 83.8 cm³/mol. The Morgan fingerprint density at radius 2 is 1.80 bits per heavy atom. The number of fused-ring (bicyclic) bond motifs is 1. The Balaban J connectivity index is 1.91. The van der Waals surface area contributed by atoms with Crippen LogP contribution in [-0.2, 0) is 10.3 Å². The average molecular weight is 273 g/mol. The second-order valence-electron chi connectivity index (χ2n) is 6.33. The van der Waals surface area contributed by atoms with Gasteiger partial charge in [0.2, 0.25) is 0 Å². The molecule has 0 spiro atoms. The Morgan fingerprint density at radius 3 is 2.50 bits per heavy atom. The van der Waals surface area contributed by atoms with Gasteiger partial charge in [0.15, 0.2) is 0 Å². The van der Waals surface area contributed by atoms with Crippen molar-refractivity contribution in [2.75, 3.05) is 5.32 Å². The van der Waals surface area contributed by atoms with Gasteiger partial charge < -0.3 is 10.1 Å². The van der Waals surface area contributed by atoms with Crippen molar-refractivity contribution in [3.63, 3.8) is 0 Å². The van der Waals surface area contributed by atoms with Crippen LogP contribution in [0.15, 0.2) is 24.3 Å². The molecular weight excluding hydrogens is 246 g/mol. The SMILES string of the molecule is CCC1(CC)O[C@@H](C2CCCCC2)Nc2ccccc21. The Kier molecular flexibility index (Phi) is 4.02. The van der Waals surface area contributed by atoms with Crippen molar-refractivity contribution in [3.8, 4) is 0 Å². The first-order valence-electron chi connectivity index (χ1n) is 8.33. The minimum atomic E-state index is -0.0933. The van der Waals surface area contributed by atoms with E-state index in [4.69, 9.17) is 4.74 Å². The molecule has 0 aromatic heterocycles. The summed E-state index contributed by atoms with van der Waals surface area (Å²) in [6.45, 7) is 4.51. The Labute approximate surface area is 122 Å². The first kappa shape index (κ1) is 13.9. The normalized spacial score (nSPS) is 25.8. The second-order valence-corrected chi connectivity index (χ2v) is 6.33. The zero-order valence-corrected chi connectivity index (χ0v) is 12.8. The lowest BCUT2D eigenvalue weighted by Gasteiger charge is -2.46. The number of para-hydroxylation sites is 1. The van der Waals surface area contributed by atoms with Gasteiger partial charge in [-0.25, -0.2) is 0 Å². The van der Waals surface area contributed by atoms with Crippen molar-refractivity contribution >= 4 is 5.69 Å². The Bertz CT molecular complexity index is 446. The molecule has 1 atom stereocenters. The molecule has 2 heteroatoms. The quantitative estimate of drug-likeness (QED) is 0.832. The predicted octanol–water partition coefficient (Wildman–Crippen LogP) is 5.05. The number of ether oxygens (including phenoxy) is 1. The lowest BCUT2D eigenvalue weighted by Crippen LogP contribution is -2.46. The summed E-state index contributed by atoms with van der Waals surface area (Å²) in [5.41, 5.74) is 2.54. The highest BCUT2D eigenvalue weighted by atomic mass is 16.5. The molecule has 1 saturated carbocycles. The third-order valence-electron chi connectivity index (χ3n) is 5.29. The van der Waals surface area contributed by atoms with Crippen molar-refractivity contribution < 1.29 is 4.74 Å². The zero-order valence-electron chi connectivity index (χ0n) is 12.8. The van der Waals surface area contributed by atoms with Gasteiger partial charge in [-0.2, -0.15) is 0 Å². The van der Waals surface area contributed by atoms with Crippen LogP contribution in [0.5, 0.6) is 0 Å².